The van der Waals surface area contributed by atoms with Gasteiger partial charge in [-0.05, 0) is 15.9 Å². The Morgan fingerprint density at radius 2 is 1.58 bits per heavy atom. The standard InChI is InChI=1S/C6H3BrF3NO/c7-1-2(8)3(9)4(10)5(11)6(1)12/h12H,11H2. The Labute approximate surface area is 73.9 Å². The van der Waals surface area contributed by atoms with Gasteiger partial charge in [0, 0.05) is 0 Å². The number of hydrogen-bond donors (Lipinski definition) is 2. The van der Waals surface area contributed by atoms with Crippen molar-refractivity contribution in [3.05, 3.63) is 21.9 Å². The summed E-state index contributed by atoms with van der Waals surface area (Å²) in [6.45, 7) is 0. The highest BCUT2D eigenvalue weighted by atomic mass is 79.9. The predicted octanol–water partition coefficient (Wildman–Crippen LogP) is 2.15. The molecule has 0 fully saturated rings. The zero-order chi connectivity index (χ0) is 9.46. The van der Waals surface area contributed by atoms with E-state index in [1.54, 1.807) is 0 Å². The molecule has 0 saturated carbocycles. The van der Waals surface area contributed by atoms with E-state index in [-0.39, 0.29) is 0 Å². The molecule has 0 aliphatic rings. The number of nitrogen functional groups attached to an aromatic ring is 1. The van der Waals surface area contributed by atoms with Crippen LogP contribution in [0.3, 0.4) is 0 Å². The fourth-order valence-corrected chi connectivity index (χ4v) is 1.02. The Morgan fingerprint density at radius 3 is 2.08 bits per heavy atom. The predicted molar refractivity (Wildman–Crippen MR) is 40.1 cm³/mol. The maximum atomic E-state index is 12.6. The number of hydrogen-bond acceptors (Lipinski definition) is 2. The Bertz CT molecular complexity index is 237. The van der Waals surface area contributed by atoms with Crippen molar-refractivity contribution in [2.75, 3.05) is 5.73 Å². The number of phenolic OH excluding ortho intramolecular Hbond substituents is 1. The molecule has 6 heteroatoms. The first-order valence-electron chi connectivity index (χ1n) is 2.77. The molecule has 0 amide bonds. The Kier molecular flexibility index (Phi) is 2.18. The van der Waals surface area contributed by atoms with E-state index < -0.39 is 33.4 Å². The van der Waals surface area contributed by atoms with Gasteiger partial charge in [0.2, 0.25) is 0 Å². The summed E-state index contributed by atoms with van der Waals surface area (Å²) in [5.74, 6) is -5.64. The van der Waals surface area contributed by atoms with Crippen LogP contribution >= 0.6 is 15.9 Å². The van der Waals surface area contributed by atoms with Crippen LogP contribution in [0.1, 0.15) is 0 Å². The van der Waals surface area contributed by atoms with Crippen LogP contribution < -0.4 is 5.73 Å². The van der Waals surface area contributed by atoms with Crippen molar-refractivity contribution in [1.29, 1.82) is 0 Å². The molecule has 1 rings (SSSR count). The molecule has 0 aromatic heterocycles. The number of rotatable bonds is 0. The molecule has 0 radical (unpaired) electrons. The lowest BCUT2D eigenvalue weighted by Crippen LogP contribution is -1.99. The van der Waals surface area contributed by atoms with Crippen molar-refractivity contribution in [3.8, 4) is 5.75 Å². The SMILES string of the molecule is Nc1c(O)c(Br)c(F)c(F)c1F. The van der Waals surface area contributed by atoms with Gasteiger partial charge in [-0.1, -0.05) is 0 Å². The Hall–Kier alpha value is -0.910. The van der Waals surface area contributed by atoms with Crippen molar-refractivity contribution in [1.82, 2.24) is 0 Å². The van der Waals surface area contributed by atoms with Crippen LogP contribution in [0.15, 0.2) is 4.47 Å². The molecule has 1 aromatic rings. The second-order valence-corrected chi connectivity index (χ2v) is 2.81. The molecule has 0 aliphatic heterocycles. The Balaban J connectivity index is 3.60. The summed E-state index contributed by atoms with van der Waals surface area (Å²) in [6, 6.07) is 0. The summed E-state index contributed by atoms with van der Waals surface area (Å²) in [7, 11) is 0. The van der Waals surface area contributed by atoms with Crippen molar-refractivity contribution in [3.63, 3.8) is 0 Å². The van der Waals surface area contributed by atoms with E-state index in [0.717, 1.165) is 0 Å². The minimum Gasteiger partial charge on any atom is -0.504 e. The number of halogens is 4. The van der Waals surface area contributed by atoms with Gasteiger partial charge in [-0.25, -0.2) is 13.2 Å². The molecule has 66 valence electrons. The molecule has 0 unspecified atom stereocenters. The van der Waals surface area contributed by atoms with Crippen LogP contribution in [-0.2, 0) is 0 Å². The smallest absolute Gasteiger partial charge is 0.198 e. The highest BCUT2D eigenvalue weighted by molar-refractivity contribution is 9.10. The second kappa shape index (κ2) is 2.85. The quantitative estimate of drug-likeness (QED) is 0.317. The highest BCUT2D eigenvalue weighted by Crippen LogP contribution is 2.36. The van der Waals surface area contributed by atoms with E-state index in [2.05, 4.69) is 15.9 Å². The van der Waals surface area contributed by atoms with Crippen molar-refractivity contribution >= 4 is 21.6 Å². The first-order chi connectivity index (χ1) is 5.46. The maximum absolute atomic E-state index is 12.6. The highest BCUT2D eigenvalue weighted by Gasteiger charge is 2.21. The minimum atomic E-state index is -1.71. The van der Waals surface area contributed by atoms with Gasteiger partial charge in [0.05, 0.1) is 0 Å². The largest absolute Gasteiger partial charge is 0.504 e. The zero-order valence-corrected chi connectivity index (χ0v) is 7.12. The summed E-state index contributed by atoms with van der Waals surface area (Å²) >= 11 is 2.50. The van der Waals surface area contributed by atoms with E-state index >= 15 is 0 Å². The first kappa shape index (κ1) is 9.18. The summed E-state index contributed by atoms with van der Waals surface area (Å²) in [5, 5.41) is 8.87. The summed E-state index contributed by atoms with van der Waals surface area (Å²) < 4.78 is 36.9. The first-order valence-corrected chi connectivity index (χ1v) is 3.56. The summed E-state index contributed by atoms with van der Waals surface area (Å²) in [4.78, 5) is 0. The zero-order valence-electron chi connectivity index (χ0n) is 5.54. The molecule has 0 heterocycles. The van der Waals surface area contributed by atoms with Gasteiger partial charge in [-0.2, -0.15) is 0 Å². The average molecular weight is 242 g/mol. The van der Waals surface area contributed by atoms with Gasteiger partial charge in [0.25, 0.3) is 0 Å². The molecular formula is C6H3BrF3NO. The topological polar surface area (TPSA) is 46.2 Å². The van der Waals surface area contributed by atoms with Crippen molar-refractivity contribution in [2.45, 2.75) is 0 Å². The number of anilines is 1. The van der Waals surface area contributed by atoms with Gasteiger partial charge in [0.1, 0.15) is 10.2 Å². The lowest BCUT2D eigenvalue weighted by atomic mass is 10.2. The molecule has 0 saturated heterocycles. The van der Waals surface area contributed by atoms with E-state index in [4.69, 9.17) is 10.8 Å². The number of benzene rings is 1. The van der Waals surface area contributed by atoms with E-state index in [1.807, 2.05) is 0 Å². The minimum absolute atomic E-state index is 0.584. The normalized spacial score (nSPS) is 10.3. The molecule has 0 spiro atoms. The second-order valence-electron chi connectivity index (χ2n) is 2.02. The lowest BCUT2D eigenvalue weighted by Gasteiger charge is -2.04. The molecule has 0 aliphatic carbocycles. The van der Waals surface area contributed by atoms with Crippen LogP contribution in [0, 0.1) is 17.5 Å². The summed E-state index contributed by atoms with van der Waals surface area (Å²) in [5.41, 5.74) is 4.07. The van der Waals surface area contributed by atoms with Crippen LogP contribution in [0.2, 0.25) is 0 Å². The van der Waals surface area contributed by atoms with Gasteiger partial charge in [-0.15, -0.1) is 0 Å². The third-order valence-corrected chi connectivity index (χ3v) is 2.00. The third-order valence-electron chi connectivity index (χ3n) is 1.28. The van der Waals surface area contributed by atoms with Gasteiger partial charge in [0.15, 0.2) is 23.2 Å². The molecular weight excluding hydrogens is 239 g/mol. The van der Waals surface area contributed by atoms with Crippen LogP contribution in [-0.4, -0.2) is 5.11 Å². The van der Waals surface area contributed by atoms with Gasteiger partial charge in [-0.3, -0.25) is 0 Å². The van der Waals surface area contributed by atoms with E-state index in [0.29, 0.717) is 0 Å². The van der Waals surface area contributed by atoms with Crippen LogP contribution in [0.4, 0.5) is 18.9 Å². The summed E-state index contributed by atoms with van der Waals surface area (Å²) in [6.07, 6.45) is 0. The number of aromatic hydroxyl groups is 1. The fourth-order valence-electron chi connectivity index (χ4n) is 0.637. The third kappa shape index (κ3) is 1.12. The molecule has 12 heavy (non-hydrogen) atoms. The molecule has 2 nitrogen and oxygen atoms in total. The molecule has 1 aromatic carbocycles. The Morgan fingerprint density at radius 1 is 1.08 bits per heavy atom. The molecule has 0 bridgehead atoms. The molecule has 3 N–H and O–H groups in total. The average Bonchev–Trinajstić information content (AvgIpc) is 2.08. The monoisotopic (exact) mass is 241 g/mol. The fraction of sp³-hybridized carbons (Fsp3) is 0. The van der Waals surface area contributed by atoms with E-state index in [1.165, 1.54) is 0 Å². The van der Waals surface area contributed by atoms with Crippen molar-refractivity contribution in [2.24, 2.45) is 0 Å². The maximum Gasteiger partial charge on any atom is 0.198 e. The van der Waals surface area contributed by atoms with Crippen molar-refractivity contribution < 1.29 is 18.3 Å². The van der Waals surface area contributed by atoms with Crippen LogP contribution in [0.5, 0.6) is 5.75 Å². The number of phenols is 1. The van der Waals surface area contributed by atoms with Gasteiger partial charge >= 0.3 is 0 Å². The molecule has 0 atom stereocenters. The lowest BCUT2D eigenvalue weighted by molar-refractivity contribution is 0.418. The number of nitrogens with two attached hydrogens (primary N) is 1. The van der Waals surface area contributed by atoms with E-state index in [9.17, 15) is 13.2 Å². The van der Waals surface area contributed by atoms with Crippen LogP contribution in [0.25, 0.3) is 0 Å². The van der Waals surface area contributed by atoms with Gasteiger partial charge < -0.3 is 10.8 Å².